The van der Waals surface area contributed by atoms with E-state index in [1.807, 2.05) is 23.1 Å². The molecule has 0 aromatic heterocycles. The molecule has 3 rings (SSSR count). The van der Waals surface area contributed by atoms with E-state index in [1.165, 1.54) is 0 Å². The number of para-hydroxylation sites is 2. The SMILES string of the molecule is CCC1CC(Nc2ccccc2N2CCCC2=O)CCO1. The first-order valence-corrected chi connectivity index (χ1v) is 8.05. The largest absolute Gasteiger partial charge is 0.380 e. The van der Waals surface area contributed by atoms with Gasteiger partial charge in [0, 0.05) is 25.6 Å². The van der Waals surface area contributed by atoms with E-state index in [0.717, 1.165) is 50.2 Å². The molecule has 1 amide bonds. The topological polar surface area (TPSA) is 41.6 Å². The summed E-state index contributed by atoms with van der Waals surface area (Å²) in [6.07, 6.45) is 5.12. The normalized spacial score (nSPS) is 26.1. The molecule has 4 heteroatoms. The second kappa shape index (κ2) is 6.48. The van der Waals surface area contributed by atoms with Crippen LogP contribution in [0.5, 0.6) is 0 Å². The highest BCUT2D eigenvalue weighted by atomic mass is 16.5. The van der Waals surface area contributed by atoms with Gasteiger partial charge in [0.15, 0.2) is 0 Å². The van der Waals surface area contributed by atoms with Crippen LogP contribution in [-0.2, 0) is 9.53 Å². The molecular formula is C17H24N2O2. The van der Waals surface area contributed by atoms with Gasteiger partial charge in [0.25, 0.3) is 0 Å². The highest BCUT2D eigenvalue weighted by molar-refractivity contribution is 5.98. The quantitative estimate of drug-likeness (QED) is 0.925. The van der Waals surface area contributed by atoms with Gasteiger partial charge in [-0.3, -0.25) is 4.79 Å². The van der Waals surface area contributed by atoms with Crippen LogP contribution in [0.15, 0.2) is 24.3 Å². The Kier molecular flexibility index (Phi) is 4.44. The molecule has 114 valence electrons. The summed E-state index contributed by atoms with van der Waals surface area (Å²) in [6, 6.07) is 8.59. The number of nitrogens with one attached hydrogen (secondary N) is 1. The van der Waals surface area contributed by atoms with E-state index in [4.69, 9.17) is 4.74 Å². The van der Waals surface area contributed by atoms with Gasteiger partial charge >= 0.3 is 0 Å². The molecule has 2 fully saturated rings. The molecule has 2 unspecified atom stereocenters. The Hall–Kier alpha value is -1.55. The van der Waals surface area contributed by atoms with E-state index in [2.05, 4.69) is 18.3 Å². The molecule has 0 aliphatic carbocycles. The first-order valence-electron chi connectivity index (χ1n) is 8.05. The van der Waals surface area contributed by atoms with E-state index in [1.54, 1.807) is 0 Å². The van der Waals surface area contributed by atoms with Gasteiger partial charge in [-0.2, -0.15) is 0 Å². The highest BCUT2D eigenvalue weighted by Crippen LogP contribution is 2.31. The third-order valence-corrected chi connectivity index (χ3v) is 4.45. The molecule has 0 saturated carbocycles. The standard InChI is InChI=1S/C17H24N2O2/c1-2-14-12-13(9-11-21-14)18-15-6-3-4-7-16(15)19-10-5-8-17(19)20/h3-4,6-7,13-14,18H,2,5,8-12H2,1H3. The van der Waals surface area contributed by atoms with Gasteiger partial charge < -0.3 is 15.0 Å². The molecule has 21 heavy (non-hydrogen) atoms. The van der Waals surface area contributed by atoms with Crippen molar-refractivity contribution in [3.8, 4) is 0 Å². The van der Waals surface area contributed by atoms with Gasteiger partial charge in [-0.05, 0) is 37.8 Å². The van der Waals surface area contributed by atoms with Crippen molar-refractivity contribution in [1.82, 2.24) is 0 Å². The monoisotopic (exact) mass is 288 g/mol. The van der Waals surface area contributed by atoms with Crippen molar-refractivity contribution in [3.63, 3.8) is 0 Å². The molecule has 0 spiro atoms. The number of carbonyl (C=O) groups excluding carboxylic acids is 1. The molecule has 1 aromatic carbocycles. The number of anilines is 2. The second-order valence-corrected chi connectivity index (χ2v) is 5.93. The third-order valence-electron chi connectivity index (χ3n) is 4.45. The maximum absolute atomic E-state index is 12.0. The minimum absolute atomic E-state index is 0.239. The van der Waals surface area contributed by atoms with Gasteiger partial charge in [0.1, 0.15) is 0 Å². The van der Waals surface area contributed by atoms with E-state index in [0.29, 0.717) is 18.6 Å². The molecule has 0 radical (unpaired) electrons. The van der Waals surface area contributed by atoms with E-state index < -0.39 is 0 Å². The van der Waals surface area contributed by atoms with Crippen molar-refractivity contribution in [3.05, 3.63) is 24.3 Å². The van der Waals surface area contributed by atoms with Crippen LogP contribution in [0.3, 0.4) is 0 Å². The molecule has 1 N–H and O–H groups in total. The number of hydrogen-bond acceptors (Lipinski definition) is 3. The first kappa shape index (κ1) is 14.4. The highest BCUT2D eigenvalue weighted by Gasteiger charge is 2.26. The number of amides is 1. The third kappa shape index (κ3) is 3.21. The minimum atomic E-state index is 0.239. The van der Waals surface area contributed by atoms with Crippen LogP contribution in [0.1, 0.15) is 39.0 Å². The molecular weight excluding hydrogens is 264 g/mol. The summed E-state index contributed by atoms with van der Waals surface area (Å²) in [5, 5.41) is 3.64. The maximum Gasteiger partial charge on any atom is 0.227 e. The molecule has 2 aliphatic rings. The Balaban J connectivity index is 1.74. The van der Waals surface area contributed by atoms with Gasteiger partial charge in [-0.1, -0.05) is 19.1 Å². The summed E-state index contributed by atoms with van der Waals surface area (Å²) in [5.74, 6) is 0.239. The summed E-state index contributed by atoms with van der Waals surface area (Å²) < 4.78 is 5.74. The lowest BCUT2D eigenvalue weighted by molar-refractivity contribution is -0.117. The van der Waals surface area contributed by atoms with Gasteiger partial charge in [-0.15, -0.1) is 0 Å². The lowest BCUT2D eigenvalue weighted by Crippen LogP contribution is -2.34. The number of ether oxygens (including phenoxy) is 1. The zero-order valence-electron chi connectivity index (χ0n) is 12.7. The lowest BCUT2D eigenvalue weighted by Gasteiger charge is -2.31. The molecule has 2 saturated heterocycles. The number of rotatable bonds is 4. The summed E-state index contributed by atoms with van der Waals surface area (Å²) >= 11 is 0. The summed E-state index contributed by atoms with van der Waals surface area (Å²) in [7, 11) is 0. The molecule has 1 aromatic rings. The Morgan fingerprint density at radius 1 is 1.38 bits per heavy atom. The van der Waals surface area contributed by atoms with Crippen molar-refractivity contribution in [2.75, 3.05) is 23.4 Å². The second-order valence-electron chi connectivity index (χ2n) is 5.93. The Bertz CT molecular complexity index is 503. The van der Waals surface area contributed by atoms with Gasteiger partial charge in [0.05, 0.1) is 17.5 Å². The van der Waals surface area contributed by atoms with Crippen molar-refractivity contribution in [2.24, 2.45) is 0 Å². The Morgan fingerprint density at radius 2 is 2.24 bits per heavy atom. The number of hydrogen-bond donors (Lipinski definition) is 1. The van der Waals surface area contributed by atoms with Crippen LogP contribution in [0.2, 0.25) is 0 Å². The number of benzene rings is 1. The van der Waals surface area contributed by atoms with Crippen molar-refractivity contribution in [2.45, 2.75) is 51.2 Å². The zero-order valence-corrected chi connectivity index (χ0v) is 12.7. The van der Waals surface area contributed by atoms with Crippen LogP contribution < -0.4 is 10.2 Å². The van der Waals surface area contributed by atoms with Crippen LogP contribution in [0.4, 0.5) is 11.4 Å². The predicted molar refractivity (Wildman–Crippen MR) is 84.7 cm³/mol. The van der Waals surface area contributed by atoms with Crippen molar-refractivity contribution < 1.29 is 9.53 Å². The Labute approximate surface area is 126 Å². The van der Waals surface area contributed by atoms with Gasteiger partial charge in [-0.25, -0.2) is 0 Å². The average Bonchev–Trinajstić information content (AvgIpc) is 2.94. The van der Waals surface area contributed by atoms with E-state index in [9.17, 15) is 4.79 Å². The van der Waals surface area contributed by atoms with Crippen molar-refractivity contribution in [1.29, 1.82) is 0 Å². The number of carbonyl (C=O) groups is 1. The summed E-state index contributed by atoms with van der Waals surface area (Å²) in [5.41, 5.74) is 2.11. The minimum Gasteiger partial charge on any atom is -0.380 e. The Morgan fingerprint density at radius 3 is 3.00 bits per heavy atom. The van der Waals surface area contributed by atoms with Gasteiger partial charge in [0.2, 0.25) is 5.91 Å². The fraction of sp³-hybridized carbons (Fsp3) is 0.588. The lowest BCUT2D eigenvalue weighted by atomic mass is 10.0. The van der Waals surface area contributed by atoms with Crippen LogP contribution in [0, 0.1) is 0 Å². The maximum atomic E-state index is 12.0. The van der Waals surface area contributed by atoms with E-state index in [-0.39, 0.29) is 5.91 Å². The van der Waals surface area contributed by atoms with E-state index >= 15 is 0 Å². The molecule has 2 heterocycles. The smallest absolute Gasteiger partial charge is 0.227 e. The fourth-order valence-corrected chi connectivity index (χ4v) is 3.25. The molecule has 4 nitrogen and oxygen atoms in total. The average molecular weight is 288 g/mol. The molecule has 2 aliphatic heterocycles. The predicted octanol–water partition coefficient (Wildman–Crippen LogP) is 3.18. The van der Waals surface area contributed by atoms with Crippen LogP contribution in [0.25, 0.3) is 0 Å². The van der Waals surface area contributed by atoms with Crippen molar-refractivity contribution >= 4 is 17.3 Å². The number of nitrogens with zero attached hydrogens (tertiary/aromatic N) is 1. The molecule has 0 bridgehead atoms. The zero-order chi connectivity index (χ0) is 14.7. The summed E-state index contributed by atoms with van der Waals surface area (Å²) in [6.45, 7) is 3.83. The van der Waals surface area contributed by atoms with Crippen LogP contribution in [-0.4, -0.2) is 31.2 Å². The molecule has 2 atom stereocenters. The summed E-state index contributed by atoms with van der Waals surface area (Å²) in [4.78, 5) is 13.9. The van der Waals surface area contributed by atoms with Crippen LogP contribution >= 0.6 is 0 Å². The fourth-order valence-electron chi connectivity index (χ4n) is 3.25. The first-order chi connectivity index (χ1) is 10.3.